The number of quaternary nitrogens is 1. The molecule has 0 saturated heterocycles. The number of hydrogen-bond acceptors (Lipinski definition) is 1. The Morgan fingerprint density at radius 1 is 1.42 bits per heavy atom. The Balaban J connectivity index is 2.45. The molecule has 2 nitrogen and oxygen atoms in total. The molecule has 0 aliphatic carbocycles. The average molecular weight is 161 g/mol. The van der Waals surface area contributed by atoms with E-state index in [0.717, 1.165) is 5.82 Å². The minimum absolute atomic E-state index is 0.590. The molecule has 0 aromatic carbocycles. The summed E-state index contributed by atoms with van der Waals surface area (Å²) in [6, 6.07) is 4.13. The van der Waals surface area contributed by atoms with E-state index >= 15 is 0 Å². The minimum atomic E-state index is 0.590. The van der Waals surface area contributed by atoms with Gasteiger partial charge in [-0.05, 0) is 18.1 Å². The Kier molecular flexibility index (Phi) is 1.70. The molecule has 1 aliphatic rings. The fourth-order valence-electron chi connectivity index (χ4n) is 1.56. The van der Waals surface area contributed by atoms with Crippen molar-refractivity contribution >= 4 is 11.4 Å². The molecule has 2 rings (SSSR count). The van der Waals surface area contributed by atoms with Gasteiger partial charge in [-0.1, -0.05) is 13.8 Å². The van der Waals surface area contributed by atoms with Gasteiger partial charge in [-0.25, -0.2) is 4.98 Å². The first kappa shape index (κ1) is 7.50. The van der Waals surface area contributed by atoms with Gasteiger partial charge >= 0.3 is 0 Å². The predicted molar refractivity (Wildman–Crippen MR) is 48.6 cm³/mol. The summed E-state index contributed by atoms with van der Waals surface area (Å²) in [7, 11) is 0. The van der Waals surface area contributed by atoms with Crippen molar-refractivity contribution in [3.63, 3.8) is 0 Å². The lowest BCUT2D eigenvalue weighted by atomic mass is 9.99. The zero-order valence-corrected chi connectivity index (χ0v) is 7.41. The Hall–Kier alpha value is -1.15. The Labute approximate surface area is 72.3 Å². The molecule has 0 radical (unpaired) electrons. The van der Waals surface area contributed by atoms with Crippen molar-refractivity contribution in [3.8, 4) is 0 Å². The zero-order chi connectivity index (χ0) is 8.55. The molecule has 0 amide bonds. The molecule has 0 unspecified atom stereocenters. The molecule has 12 heavy (non-hydrogen) atoms. The standard InChI is InChI=1S/C10H12N2/c1-7(2)9-6-12-10-8(9)4-3-5-11-10/h3-7H,1-2H3,(H,11,12)/p+1. The summed E-state index contributed by atoms with van der Waals surface area (Å²) in [6.07, 6.45) is 4.01. The number of nitrogens with zero attached hydrogens (tertiary/aromatic N) is 1. The number of pyridine rings is 1. The van der Waals surface area contributed by atoms with Crippen LogP contribution in [0.3, 0.4) is 0 Å². The normalized spacial score (nSPS) is 14.8. The van der Waals surface area contributed by atoms with Gasteiger partial charge in [-0.2, -0.15) is 0 Å². The average Bonchev–Trinajstić information content (AvgIpc) is 2.47. The Bertz CT molecular complexity index is 326. The fraction of sp³-hybridized carbons (Fsp3) is 0.300. The first-order valence-electron chi connectivity index (χ1n) is 4.29. The number of rotatable bonds is 1. The third-order valence-electron chi connectivity index (χ3n) is 2.19. The lowest BCUT2D eigenvalue weighted by molar-refractivity contribution is -0.496. The van der Waals surface area contributed by atoms with Crippen LogP contribution in [0.4, 0.5) is 5.82 Å². The van der Waals surface area contributed by atoms with Crippen LogP contribution in [-0.4, -0.2) is 4.98 Å². The van der Waals surface area contributed by atoms with Crippen LogP contribution in [0.15, 0.2) is 24.5 Å². The summed E-state index contributed by atoms with van der Waals surface area (Å²) >= 11 is 0. The van der Waals surface area contributed by atoms with Crippen LogP contribution in [-0.2, 0) is 0 Å². The van der Waals surface area contributed by atoms with Crippen molar-refractivity contribution in [2.45, 2.75) is 13.8 Å². The van der Waals surface area contributed by atoms with Crippen molar-refractivity contribution in [1.29, 1.82) is 0 Å². The van der Waals surface area contributed by atoms with Crippen molar-refractivity contribution in [2.75, 3.05) is 0 Å². The van der Waals surface area contributed by atoms with Crippen LogP contribution in [0.2, 0.25) is 0 Å². The lowest BCUT2D eigenvalue weighted by Crippen LogP contribution is -2.70. The Morgan fingerprint density at radius 2 is 2.25 bits per heavy atom. The number of aromatic nitrogens is 1. The fourth-order valence-corrected chi connectivity index (χ4v) is 1.56. The van der Waals surface area contributed by atoms with Gasteiger partial charge < -0.3 is 0 Å². The molecule has 0 saturated carbocycles. The lowest BCUT2D eigenvalue weighted by Gasteiger charge is -2.02. The molecule has 1 aromatic rings. The van der Waals surface area contributed by atoms with E-state index in [2.05, 4.69) is 36.4 Å². The van der Waals surface area contributed by atoms with Gasteiger partial charge in [0.1, 0.15) is 6.20 Å². The van der Waals surface area contributed by atoms with E-state index in [1.807, 2.05) is 12.3 Å². The number of fused-ring (bicyclic) bond motifs is 1. The van der Waals surface area contributed by atoms with Gasteiger partial charge in [0.25, 0.3) is 0 Å². The number of hydrogen-bond donors (Lipinski definition) is 1. The van der Waals surface area contributed by atoms with Crippen LogP contribution in [0.5, 0.6) is 0 Å². The molecule has 0 bridgehead atoms. The summed E-state index contributed by atoms with van der Waals surface area (Å²) in [6.45, 7) is 4.42. The highest BCUT2D eigenvalue weighted by atomic mass is 15.0. The molecule has 2 heterocycles. The highest BCUT2D eigenvalue weighted by molar-refractivity contribution is 5.73. The molecule has 0 spiro atoms. The third kappa shape index (κ3) is 1.04. The second kappa shape index (κ2) is 2.72. The first-order valence-corrected chi connectivity index (χ1v) is 4.29. The van der Waals surface area contributed by atoms with E-state index in [9.17, 15) is 0 Å². The summed E-state index contributed by atoms with van der Waals surface area (Å²) in [5.74, 6) is 1.70. The largest absolute Gasteiger partial charge is 0.270 e. The molecule has 62 valence electrons. The highest BCUT2D eigenvalue weighted by Gasteiger charge is 2.20. The maximum Gasteiger partial charge on any atom is 0.236 e. The number of nitrogens with two attached hydrogens (primary N) is 1. The van der Waals surface area contributed by atoms with Gasteiger partial charge in [-0.3, -0.25) is 5.32 Å². The van der Waals surface area contributed by atoms with Crippen LogP contribution < -0.4 is 5.32 Å². The van der Waals surface area contributed by atoms with Gasteiger partial charge in [0, 0.05) is 11.8 Å². The molecule has 0 atom stereocenters. The molecule has 2 N–H and O–H groups in total. The van der Waals surface area contributed by atoms with E-state index in [1.54, 1.807) is 0 Å². The van der Waals surface area contributed by atoms with Crippen LogP contribution in [0, 0.1) is 5.92 Å². The van der Waals surface area contributed by atoms with E-state index in [0.29, 0.717) is 5.92 Å². The Morgan fingerprint density at radius 3 is 3.00 bits per heavy atom. The quantitative estimate of drug-likeness (QED) is 0.660. The van der Waals surface area contributed by atoms with Crippen molar-refractivity contribution in [2.24, 2.45) is 5.92 Å². The van der Waals surface area contributed by atoms with Crippen molar-refractivity contribution in [1.82, 2.24) is 4.98 Å². The minimum Gasteiger partial charge on any atom is -0.270 e. The van der Waals surface area contributed by atoms with Crippen LogP contribution >= 0.6 is 0 Å². The molecule has 1 aliphatic heterocycles. The summed E-state index contributed by atoms with van der Waals surface area (Å²) in [5, 5.41) is 2.09. The predicted octanol–water partition coefficient (Wildman–Crippen LogP) is 1.29. The zero-order valence-electron chi connectivity index (χ0n) is 7.41. The summed E-state index contributed by atoms with van der Waals surface area (Å²) in [4.78, 5) is 4.28. The SMILES string of the molecule is CC(C)C1=C[NH2+]c2ncccc21. The maximum absolute atomic E-state index is 4.28. The van der Waals surface area contributed by atoms with E-state index in [4.69, 9.17) is 0 Å². The van der Waals surface area contributed by atoms with Crippen molar-refractivity contribution < 1.29 is 5.32 Å². The van der Waals surface area contributed by atoms with Crippen molar-refractivity contribution in [3.05, 3.63) is 30.1 Å². The number of allylic oxidation sites excluding steroid dienone is 1. The molecule has 0 fully saturated rings. The topological polar surface area (TPSA) is 29.5 Å². The van der Waals surface area contributed by atoms with Crippen LogP contribution in [0.25, 0.3) is 5.57 Å². The molecular weight excluding hydrogens is 148 g/mol. The summed E-state index contributed by atoms with van der Waals surface area (Å²) in [5.41, 5.74) is 2.70. The molecular formula is C10H13N2+. The van der Waals surface area contributed by atoms with Gasteiger partial charge in [0.15, 0.2) is 0 Å². The van der Waals surface area contributed by atoms with Gasteiger partial charge in [-0.15, -0.1) is 0 Å². The third-order valence-corrected chi connectivity index (χ3v) is 2.19. The first-order chi connectivity index (χ1) is 5.79. The molecule has 1 aromatic heterocycles. The smallest absolute Gasteiger partial charge is 0.236 e. The second-order valence-electron chi connectivity index (χ2n) is 3.38. The molecule has 2 heteroatoms. The van der Waals surface area contributed by atoms with Gasteiger partial charge in [0.05, 0.1) is 5.56 Å². The highest BCUT2D eigenvalue weighted by Crippen LogP contribution is 2.27. The second-order valence-corrected chi connectivity index (χ2v) is 3.38. The van der Waals surface area contributed by atoms with E-state index in [1.165, 1.54) is 11.1 Å². The van der Waals surface area contributed by atoms with Gasteiger partial charge in [0.2, 0.25) is 5.82 Å². The maximum atomic E-state index is 4.28. The van der Waals surface area contributed by atoms with E-state index in [-0.39, 0.29) is 0 Å². The monoisotopic (exact) mass is 161 g/mol. The van der Waals surface area contributed by atoms with Crippen LogP contribution in [0.1, 0.15) is 19.4 Å². The summed E-state index contributed by atoms with van der Waals surface area (Å²) < 4.78 is 0. The van der Waals surface area contributed by atoms with E-state index < -0.39 is 0 Å².